The number of nitrogens with one attached hydrogen (secondary N) is 2. The zero-order valence-electron chi connectivity index (χ0n) is 12.2. The highest BCUT2D eigenvalue weighted by Crippen LogP contribution is 2.25. The number of aromatic nitrogens is 4. The summed E-state index contributed by atoms with van der Waals surface area (Å²) in [6.07, 6.45) is 0. The molecule has 0 radical (unpaired) electrons. The lowest BCUT2D eigenvalue weighted by Crippen LogP contribution is -2.19. The number of H-pyrrole nitrogens is 1. The van der Waals surface area contributed by atoms with Crippen molar-refractivity contribution in [3.05, 3.63) is 42.0 Å². The molecule has 7 nitrogen and oxygen atoms in total. The minimum Gasteiger partial charge on any atom is -0.497 e. The Morgan fingerprint density at radius 1 is 1.23 bits per heavy atom. The summed E-state index contributed by atoms with van der Waals surface area (Å²) in [5, 5.41) is 17.8. The smallest absolute Gasteiger partial charge is 0.269 e. The molecular formula is C15H15N5O2. The predicted molar refractivity (Wildman–Crippen MR) is 81.7 cm³/mol. The summed E-state index contributed by atoms with van der Waals surface area (Å²) in [6.45, 7) is 1.83. The number of ether oxygens (including phenoxy) is 1. The van der Waals surface area contributed by atoms with Gasteiger partial charge < -0.3 is 4.74 Å². The average Bonchev–Trinajstić information content (AvgIpc) is 3.06. The Balaban J connectivity index is 1.84. The first-order valence-corrected chi connectivity index (χ1v) is 6.79. The second-order valence-electron chi connectivity index (χ2n) is 4.92. The normalized spacial score (nSPS) is 12.1. The van der Waals surface area contributed by atoms with Gasteiger partial charge in [0.1, 0.15) is 5.75 Å². The molecule has 0 fully saturated rings. The number of benzene rings is 2. The van der Waals surface area contributed by atoms with Crippen molar-refractivity contribution in [2.24, 2.45) is 0 Å². The zero-order chi connectivity index (χ0) is 15.5. The Bertz CT molecular complexity index is 801. The van der Waals surface area contributed by atoms with E-state index in [1.54, 1.807) is 7.11 Å². The van der Waals surface area contributed by atoms with Crippen LogP contribution in [-0.2, 0) is 4.79 Å². The molecule has 0 aliphatic rings. The standard InChI is InChI=1S/C15H15N5O2/c1-9(14(21)16-15-17-19-20-18-15)10-3-4-12-8-13(22-2)6-5-11(12)7-10/h3-9H,1-2H3,(H2,16,17,18,19,20,21). The minimum absolute atomic E-state index is 0.169. The summed E-state index contributed by atoms with van der Waals surface area (Å²) in [7, 11) is 1.64. The molecule has 0 aliphatic carbocycles. The monoisotopic (exact) mass is 297 g/mol. The van der Waals surface area contributed by atoms with E-state index >= 15 is 0 Å². The summed E-state index contributed by atoms with van der Waals surface area (Å²) >= 11 is 0. The second kappa shape index (κ2) is 5.80. The van der Waals surface area contributed by atoms with E-state index in [0.29, 0.717) is 0 Å². The molecule has 22 heavy (non-hydrogen) atoms. The Labute approximate surface area is 126 Å². The number of anilines is 1. The summed E-state index contributed by atoms with van der Waals surface area (Å²) < 4.78 is 5.21. The number of carbonyl (C=O) groups excluding carboxylic acids is 1. The lowest BCUT2D eigenvalue weighted by atomic mass is 9.97. The Hall–Kier alpha value is -2.96. The van der Waals surface area contributed by atoms with Gasteiger partial charge in [0.15, 0.2) is 0 Å². The van der Waals surface area contributed by atoms with Gasteiger partial charge in [0.05, 0.1) is 13.0 Å². The summed E-state index contributed by atoms with van der Waals surface area (Å²) in [4.78, 5) is 12.2. The molecule has 1 unspecified atom stereocenters. The fraction of sp³-hybridized carbons (Fsp3) is 0.200. The van der Waals surface area contributed by atoms with Crippen LogP contribution in [0.25, 0.3) is 10.8 Å². The molecule has 1 atom stereocenters. The SMILES string of the molecule is COc1ccc2cc(C(C)C(=O)Nc3nn[nH]n3)ccc2c1. The minimum atomic E-state index is -0.329. The summed E-state index contributed by atoms with van der Waals surface area (Å²) in [5.41, 5.74) is 0.915. The number of rotatable bonds is 4. The van der Waals surface area contributed by atoms with Gasteiger partial charge in [0.25, 0.3) is 5.95 Å². The molecule has 0 bridgehead atoms. The van der Waals surface area contributed by atoms with Crippen LogP contribution >= 0.6 is 0 Å². The van der Waals surface area contributed by atoms with E-state index < -0.39 is 0 Å². The first kappa shape index (κ1) is 14.0. The highest BCUT2D eigenvalue weighted by molar-refractivity contribution is 5.95. The van der Waals surface area contributed by atoms with E-state index in [1.807, 2.05) is 43.3 Å². The maximum absolute atomic E-state index is 12.2. The third-order valence-electron chi connectivity index (χ3n) is 3.55. The molecule has 7 heteroatoms. The Morgan fingerprint density at radius 2 is 2.00 bits per heavy atom. The van der Waals surface area contributed by atoms with Crippen LogP contribution in [0.2, 0.25) is 0 Å². The lowest BCUT2D eigenvalue weighted by Gasteiger charge is -2.12. The first-order chi connectivity index (χ1) is 10.7. The third kappa shape index (κ3) is 2.73. The molecule has 2 N–H and O–H groups in total. The van der Waals surface area contributed by atoms with Gasteiger partial charge in [-0.1, -0.05) is 29.4 Å². The van der Waals surface area contributed by atoms with E-state index in [4.69, 9.17) is 4.74 Å². The number of hydrogen-bond acceptors (Lipinski definition) is 5. The van der Waals surface area contributed by atoms with Crippen LogP contribution in [0.3, 0.4) is 0 Å². The van der Waals surface area contributed by atoms with Crippen LogP contribution in [0.5, 0.6) is 5.75 Å². The van der Waals surface area contributed by atoms with E-state index in [-0.39, 0.29) is 17.8 Å². The number of methoxy groups -OCH3 is 1. The number of hydrogen-bond donors (Lipinski definition) is 2. The molecule has 1 aromatic heterocycles. The van der Waals surface area contributed by atoms with Crippen LogP contribution in [0, 0.1) is 0 Å². The van der Waals surface area contributed by atoms with E-state index in [9.17, 15) is 4.79 Å². The topological polar surface area (TPSA) is 92.8 Å². The lowest BCUT2D eigenvalue weighted by molar-refractivity contribution is -0.117. The Morgan fingerprint density at radius 3 is 2.73 bits per heavy atom. The number of tetrazole rings is 1. The molecule has 112 valence electrons. The second-order valence-corrected chi connectivity index (χ2v) is 4.92. The molecular weight excluding hydrogens is 282 g/mol. The van der Waals surface area contributed by atoms with Crippen molar-refractivity contribution in [3.8, 4) is 5.75 Å². The number of aromatic amines is 1. The zero-order valence-corrected chi connectivity index (χ0v) is 12.2. The number of amides is 1. The van der Waals surface area contributed by atoms with Crippen molar-refractivity contribution in [2.45, 2.75) is 12.8 Å². The molecule has 2 aromatic carbocycles. The highest BCUT2D eigenvalue weighted by atomic mass is 16.5. The Kier molecular flexibility index (Phi) is 3.69. The molecule has 0 saturated heterocycles. The fourth-order valence-electron chi connectivity index (χ4n) is 2.22. The van der Waals surface area contributed by atoms with E-state index in [0.717, 1.165) is 22.1 Å². The van der Waals surface area contributed by atoms with Gasteiger partial charge in [-0.05, 0) is 40.6 Å². The first-order valence-electron chi connectivity index (χ1n) is 6.79. The van der Waals surface area contributed by atoms with Crippen molar-refractivity contribution >= 4 is 22.6 Å². The van der Waals surface area contributed by atoms with Crippen molar-refractivity contribution in [3.63, 3.8) is 0 Å². The average molecular weight is 297 g/mol. The molecule has 0 aliphatic heterocycles. The van der Waals surface area contributed by atoms with Crippen LogP contribution in [-0.4, -0.2) is 33.6 Å². The number of nitrogens with zero attached hydrogens (tertiary/aromatic N) is 3. The maximum Gasteiger partial charge on any atom is 0.269 e. The highest BCUT2D eigenvalue weighted by Gasteiger charge is 2.17. The van der Waals surface area contributed by atoms with Crippen molar-refractivity contribution < 1.29 is 9.53 Å². The van der Waals surface area contributed by atoms with Crippen LogP contribution in [0.4, 0.5) is 5.95 Å². The van der Waals surface area contributed by atoms with Gasteiger partial charge in [-0.15, -0.1) is 5.10 Å². The fourth-order valence-corrected chi connectivity index (χ4v) is 2.22. The molecule has 3 aromatic rings. The largest absolute Gasteiger partial charge is 0.497 e. The van der Waals surface area contributed by atoms with Gasteiger partial charge in [-0.3, -0.25) is 10.1 Å². The van der Waals surface area contributed by atoms with Gasteiger partial charge in [-0.25, -0.2) is 0 Å². The van der Waals surface area contributed by atoms with Crippen LogP contribution < -0.4 is 10.1 Å². The molecule has 1 heterocycles. The van der Waals surface area contributed by atoms with E-state index in [2.05, 4.69) is 25.9 Å². The summed E-state index contributed by atoms with van der Waals surface area (Å²) in [6, 6.07) is 11.7. The van der Waals surface area contributed by atoms with Gasteiger partial charge in [-0.2, -0.15) is 5.21 Å². The molecule has 0 spiro atoms. The maximum atomic E-state index is 12.2. The quantitative estimate of drug-likeness (QED) is 0.769. The molecule has 3 rings (SSSR count). The molecule has 0 saturated carbocycles. The van der Waals surface area contributed by atoms with Crippen molar-refractivity contribution in [1.82, 2.24) is 20.6 Å². The van der Waals surface area contributed by atoms with Gasteiger partial charge in [0, 0.05) is 0 Å². The molecule has 1 amide bonds. The van der Waals surface area contributed by atoms with Gasteiger partial charge in [0.2, 0.25) is 5.91 Å². The number of carbonyl (C=O) groups is 1. The number of fused-ring (bicyclic) bond motifs is 1. The van der Waals surface area contributed by atoms with Crippen LogP contribution in [0.1, 0.15) is 18.4 Å². The van der Waals surface area contributed by atoms with Gasteiger partial charge >= 0.3 is 0 Å². The van der Waals surface area contributed by atoms with Crippen molar-refractivity contribution in [1.29, 1.82) is 0 Å². The summed E-state index contributed by atoms with van der Waals surface area (Å²) in [5.74, 6) is 0.463. The van der Waals surface area contributed by atoms with Crippen molar-refractivity contribution in [2.75, 3.05) is 12.4 Å². The van der Waals surface area contributed by atoms with Crippen LogP contribution in [0.15, 0.2) is 36.4 Å². The van der Waals surface area contributed by atoms with E-state index in [1.165, 1.54) is 0 Å². The predicted octanol–water partition coefficient (Wildman–Crippen LogP) is 2.10. The third-order valence-corrected chi connectivity index (χ3v) is 3.55.